The fraction of sp³-hybridized carbons (Fsp3) is 0.500. The lowest BCUT2D eigenvalue weighted by Crippen LogP contribution is -2.38. The number of nitrogens with zero attached hydrogens (tertiary/aromatic N) is 4. The Bertz CT molecular complexity index is 577. The number of hydrogen-bond donors (Lipinski definition) is 2. The Kier molecular flexibility index (Phi) is 3.64. The molecule has 0 unspecified atom stereocenters. The van der Waals surface area contributed by atoms with E-state index in [9.17, 15) is 4.79 Å². The predicted octanol–water partition coefficient (Wildman–Crippen LogP) is 1.82. The molecule has 7 nitrogen and oxygen atoms in total. The predicted molar refractivity (Wildman–Crippen MR) is 75.7 cm³/mol. The Balaban J connectivity index is 1.48. The van der Waals surface area contributed by atoms with E-state index >= 15 is 0 Å². The van der Waals surface area contributed by atoms with Crippen LogP contribution in [0.1, 0.15) is 30.7 Å². The fourth-order valence-electron chi connectivity index (χ4n) is 1.89. The maximum absolute atomic E-state index is 11.8. The first-order valence-electron chi connectivity index (χ1n) is 6.57. The number of aromatic nitrogens is 4. The molecule has 0 saturated heterocycles. The molecule has 20 heavy (non-hydrogen) atoms. The third-order valence-corrected chi connectivity index (χ3v) is 4.01. The van der Waals surface area contributed by atoms with Gasteiger partial charge in [0.25, 0.3) is 0 Å². The number of urea groups is 1. The lowest BCUT2D eigenvalue weighted by Gasteiger charge is -2.14. The lowest BCUT2D eigenvalue weighted by atomic mass is 10.3. The van der Waals surface area contributed by atoms with Crippen molar-refractivity contribution in [3.63, 3.8) is 0 Å². The second-order valence-electron chi connectivity index (χ2n) is 4.98. The van der Waals surface area contributed by atoms with Gasteiger partial charge in [0.15, 0.2) is 0 Å². The third kappa shape index (κ3) is 3.32. The van der Waals surface area contributed by atoms with Gasteiger partial charge in [-0.15, -0.1) is 10.2 Å². The Morgan fingerprint density at radius 1 is 1.55 bits per heavy atom. The van der Waals surface area contributed by atoms with Crippen molar-refractivity contribution in [1.29, 1.82) is 0 Å². The van der Waals surface area contributed by atoms with Crippen molar-refractivity contribution in [1.82, 2.24) is 25.1 Å². The van der Waals surface area contributed by atoms with Crippen LogP contribution >= 0.6 is 11.3 Å². The first-order chi connectivity index (χ1) is 9.70. The van der Waals surface area contributed by atoms with E-state index in [2.05, 4.69) is 25.8 Å². The topological polar surface area (TPSA) is 84.7 Å². The number of hydrogen-bond acceptors (Lipinski definition) is 5. The molecular formula is C12H16N6OS. The number of carbonyl (C=O) groups is 1. The van der Waals surface area contributed by atoms with Crippen molar-refractivity contribution in [2.75, 3.05) is 5.32 Å². The molecule has 106 valence electrons. The van der Waals surface area contributed by atoms with Crippen LogP contribution in [0.5, 0.6) is 0 Å². The minimum atomic E-state index is -0.254. The number of carbonyl (C=O) groups excluding carboxylic acids is 1. The van der Waals surface area contributed by atoms with Gasteiger partial charge in [0.05, 0.1) is 6.33 Å². The highest BCUT2D eigenvalue weighted by Crippen LogP contribution is 2.41. The molecule has 0 radical (unpaired) electrons. The highest BCUT2D eigenvalue weighted by atomic mass is 32.1. The smallest absolute Gasteiger partial charge is 0.321 e. The molecular weight excluding hydrogens is 276 g/mol. The van der Waals surface area contributed by atoms with Crippen molar-refractivity contribution in [3.05, 3.63) is 23.7 Å². The molecule has 2 N–H and O–H groups in total. The Morgan fingerprint density at radius 2 is 2.40 bits per heavy atom. The molecule has 0 bridgehead atoms. The monoisotopic (exact) mass is 292 g/mol. The van der Waals surface area contributed by atoms with E-state index < -0.39 is 0 Å². The number of imidazole rings is 1. The molecule has 2 heterocycles. The summed E-state index contributed by atoms with van der Waals surface area (Å²) in [6.07, 6.45) is 7.67. The number of nitrogens with one attached hydrogen (secondary N) is 2. The largest absolute Gasteiger partial charge is 0.335 e. The third-order valence-electron chi connectivity index (χ3n) is 3.01. The normalized spacial score (nSPS) is 15.8. The molecule has 1 aliphatic carbocycles. The van der Waals surface area contributed by atoms with E-state index in [0.29, 0.717) is 17.6 Å². The average Bonchev–Trinajstić information content (AvgIpc) is 2.93. The van der Waals surface area contributed by atoms with E-state index in [1.807, 2.05) is 17.7 Å². The summed E-state index contributed by atoms with van der Waals surface area (Å²) in [6.45, 7) is 2.62. The van der Waals surface area contributed by atoms with E-state index in [-0.39, 0.29) is 12.1 Å². The summed E-state index contributed by atoms with van der Waals surface area (Å²) in [6, 6.07) is -0.254. The van der Waals surface area contributed by atoms with E-state index in [4.69, 9.17) is 0 Å². The zero-order valence-corrected chi connectivity index (χ0v) is 11.9. The second kappa shape index (κ2) is 5.58. The summed E-state index contributed by atoms with van der Waals surface area (Å²) in [5.41, 5.74) is 0. The maximum Gasteiger partial charge on any atom is 0.321 e. The molecule has 3 rings (SSSR count). The van der Waals surface area contributed by atoms with Crippen molar-refractivity contribution >= 4 is 22.5 Å². The Morgan fingerprint density at radius 3 is 3.10 bits per heavy atom. The van der Waals surface area contributed by atoms with Gasteiger partial charge in [-0.2, -0.15) is 0 Å². The summed E-state index contributed by atoms with van der Waals surface area (Å²) in [4.78, 5) is 15.8. The van der Waals surface area contributed by atoms with Crippen LogP contribution in [0.2, 0.25) is 0 Å². The second-order valence-corrected chi connectivity index (χ2v) is 5.99. The zero-order chi connectivity index (χ0) is 13.9. The molecule has 2 aromatic heterocycles. The van der Waals surface area contributed by atoms with Crippen molar-refractivity contribution in [3.8, 4) is 0 Å². The van der Waals surface area contributed by atoms with Gasteiger partial charge in [-0.05, 0) is 19.8 Å². The SMILES string of the molecule is C[C@@H](Cn1ccnc1)NC(=O)Nc1nnc(C2CC2)s1. The van der Waals surface area contributed by atoms with Gasteiger partial charge >= 0.3 is 6.03 Å². The van der Waals surface area contributed by atoms with Gasteiger partial charge in [0, 0.05) is 30.9 Å². The fourth-order valence-corrected chi connectivity index (χ4v) is 2.80. The molecule has 0 aromatic carbocycles. The summed E-state index contributed by atoms with van der Waals surface area (Å²) < 4.78 is 1.92. The van der Waals surface area contributed by atoms with Crippen LogP contribution in [-0.2, 0) is 6.54 Å². The zero-order valence-electron chi connectivity index (χ0n) is 11.1. The molecule has 2 amide bonds. The molecule has 8 heteroatoms. The lowest BCUT2D eigenvalue weighted by molar-refractivity contribution is 0.248. The molecule has 1 atom stereocenters. The van der Waals surface area contributed by atoms with Gasteiger partial charge in [0.2, 0.25) is 5.13 Å². The van der Waals surface area contributed by atoms with E-state index in [1.54, 1.807) is 12.5 Å². The van der Waals surface area contributed by atoms with Crippen LogP contribution in [0.25, 0.3) is 0 Å². The van der Waals surface area contributed by atoms with Gasteiger partial charge in [-0.3, -0.25) is 5.32 Å². The summed E-state index contributed by atoms with van der Waals surface area (Å²) in [5.74, 6) is 0.561. The Hall–Kier alpha value is -1.96. The van der Waals surface area contributed by atoms with Crippen LogP contribution in [0.15, 0.2) is 18.7 Å². The molecule has 0 aliphatic heterocycles. The van der Waals surface area contributed by atoms with Crippen LogP contribution in [-0.4, -0.2) is 31.8 Å². The van der Waals surface area contributed by atoms with Gasteiger partial charge in [-0.1, -0.05) is 11.3 Å². The first-order valence-corrected chi connectivity index (χ1v) is 7.39. The highest BCUT2D eigenvalue weighted by Gasteiger charge is 2.27. The van der Waals surface area contributed by atoms with Crippen molar-refractivity contribution in [2.45, 2.75) is 38.3 Å². The van der Waals surface area contributed by atoms with E-state index in [0.717, 1.165) is 5.01 Å². The number of rotatable bonds is 5. The van der Waals surface area contributed by atoms with Crippen molar-refractivity contribution in [2.24, 2.45) is 0 Å². The minimum Gasteiger partial charge on any atom is -0.335 e. The summed E-state index contributed by atoms with van der Waals surface area (Å²) in [7, 11) is 0. The maximum atomic E-state index is 11.8. The van der Waals surface area contributed by atoms with Crippen molar-refractivity contribution < 1.29 is 4.79 Å². The van der Waals surface area contributed by atoms with Crippen LogP contribution in [0.3, 0.4) is 0 Å². The summed E-state index contributed by atoms with van der Waals surface area (Å²) >= 11 is 1.45. The molecule has 2 aromatic rings. The molecule has 1 aliphatic rings. The average molecular weight is 292 g/mol. The van der Waals surface area contributed by atoms with Gasteiger partial charge in [0.1, 0.15) is 5.01 Å². The number of anilines is 1. The molecule has 1 fully saturated rings. The summed E-state index contributed by atoms with van der Waals surface area (Å²) in [5, 5.41) is 15.2. The van der Waals surface area contributed by atoms with Gasteiger partial charge < -0.3 is 9.88 Å². The Labute approximate surface area is 120 Å². The van der Waals surface area contributed by atoms with Crippen LogP contribution in [0.4, 0.5) is 9.93 Å². The van der Waals surface area contributed by atoms with E-state index in [1.165, 1.54) is 24.2 Å². The molecule has 1 saturated carbocycles. The molecule has 0 spiro atoms. The standard InChI is InChI=1S/C12H16N6OS/c1-8(6-18-5-4-13-7-18)14-11(19)15-12-17-16-10(20-12)9-2-3-9/h4-5,7-9H,2-3,6H2,1H3,(H2,14,15,17,19)/t8-/m0/s1. The minimum absolute atomic E-state index is 0.0000222. The number of amides is 2. The first kappa shape index (κ1) is 13.0. The van der Waals surface area contributed by atoms with Gasteiger partial charge in [-0.25, -0.2) is 9.78 Å². The highest BCUT2D eigenvalue weighted by molar-refractivity contribution is 7.15. The quantitative estimate of drug-likeness (QED) is 0.880. The van der Waals surface area contributed by atoms with Crippen LogP contribution < -0.4 is 10.6 Å². The van der Waals surface area contributed by atoms with Crippen LogP contribution in [0, 0.1) is 0 Å².